The molecular weight excluding hydrogens is 209 g/mol. The zero-order valence-electron chi connectivity index (χ0n) is 10.1. The van der Waals surface area contributed by atoms with E-state index < -0.39 is 7.37 Å². The maximum atomic E-state index is 12.1. The molecule has 0 N–H and O–H groups in total. The van der Waals surface area contributed by atoms with Crippen LogP contribution in [0, 0.1) is 0 Å². The molecule has 0 spiro atoms. The summed E-state index contributed by atoms with van der Waals surface area (Å²) >= 11 is 0. The second-order valence-electron chi connectivity index (χ2n) is 4.60. The lowest BCUT2D eigenvalue weighted by molar-refractivity contribution is -0.870. The molecular formula is C11H23NO2P+. The topological polar surface area (TPSA) is 26.3 Å². The van der Waals surface area contributed by atoms with Crippen LogP contribution < -0.4 is 0 Å². The number of allylic oxidation sites excluding steroid dienone is 2. The zero-order valence-corrected chi connectivity index (χ0v) is 11.0. The minimum Gasteiger partial charge on any atom is -0.329 e. The molecule has 15 heavy (non-hydrogen) atoms. The highest BCUT2D eigenvalue weighted by Gasteiger charge is 2.20. The van der Waals surface area contributed by atoms with E-state index in [1.165, 1.54) is 0 Å². The third kappa shape index (κ3) is 7.55. The van der Waals surface area contributed by atoms with Gasteiger partial charge < -0.3 is 9.01 Å². The van der Waals surface area contributed by atoms with Gasteiger partial charge in [0.05, 0.1) is 21.1 Å². The van der Waals surface area contributed by atoms with Gasteiger partial charge in [0.15, 0.2) is 0 Å². The predicted molar refractivity (Wildman–Crippen MR) is 66.6 cm³/mol. The molecule has 88 valence electrons. The van der Waals surface area contributed by atoms with Crippen LogP contribution in [0.3, 0.4) is 0 Å². The molecule has 0 amide bonds. The van der Waals surface area contributed by atoms with Gasteiger partial charge in [-0.2, -0.15) is 0 Å². The fraction of sp³-hybridized carbons (Fsp3) is 0.636. The van der Waals surface area contributed by atoms with Crippen LogP contribution in [0.4, 0.5) is 0 Å². The van der Waals surface area contributed by atoms with Gasteiger partial charge >= 0.3 is 0 Å². The molecule has 0 bridgehead atoms. The molecule has 0 saturated heterocycles. The van der Waals surface area contributed by atoms with Crippen LogP contribution in [0.5, 0.6) is 0 Å². The summed E-state index contributed by atoms with van der Waals surface area (Å²) in [4.78, 5) is 0. The van der Waals surface area contributed by atoms with Gasteiger partial charge in [0.25, 0.3) is 0 Å². The smallest absolute Gasteiger partial charge is 0.210 e. The molecule has 0 aliphatic carbocycles. The summed E-state index contributed by atoms with van der Waals surface area (Å²) in [5.74, 6) is 0. The summed E-state index contributed by atoms with van der Waals surface area (Å²) in [5.41, 5.74) is 0. The van der Waals surface area contributed by atoms with Gasteiger partial charge in [-0.3, -0.25) is 4.57 Å². The van der Waals surface area contributed by atoms with Crippen LogP contribution in [0.25, 0.3) is 0 Å². The Balaban J connectivity index is 4.13. The van der Waals surface area contributed by atoms with Crippen LogP contribution in [-0.2, 0) is 9.09 Å². The Kier molecular flexibility index (Phi) is 6.11. The summed E-state index contributed by atoms with van der Waals surface area (Å²) in [6.07, 6.45) is 4.15. The number of nitrogens with zero attached hydrogens (tertiary/aromatic N) is 1. The lowest BCUT2D eigenvalue weighted by Gasteiger charge is -2.25. The van der Waals surface area contributed by atoms with Gasteiger partial charge in [-0.25, -0.2) is 0 Å². The third-order valence-corrected chi connectivity index (χ3v) is 4.19. The average Bonchev–Trinajstić information content (AvgIpc) is 2.01. The molecule has 0 aromatic heterocycles. The van der Waals surface area contributed by atoms with E-state index in [0.717, 1.165) is 11.0 Å². The van der Waals surface area contributed by atoms with Gasteiger partial charge in [-0.05, 0) is 0 Å². The highest BCUT2D eigenvalue weighted by atomic mass is 31.2. The van der Waals surface area contributed by atoms with Crippen LogP contribution in [-0.4, -0.2) is 51.1 Å². The molecule has 0 heterocycles. The first-order chi connectivity index (χ1) is 6.83. The highest BCUT2D eigenvalue weighted by Crippen LogP contribution is 2.46. The van der Waals surface area contributed by atoms with Crippen LogP contribution in [0.2, 0.25) is 0 Å². The van der Waals surface area contributed by atoms with E-state index in [4.69, 9.17) is 4.52 Å². The molecule has 0 aromatic rings. The molecule has 0 aliphatic heterocycles. The van der Waals surface area contributed by atoms with Crippen LogP contribution >= 0.6 is 7.37 Å². The summed E-state index contributed by atoms with van der Waals surface area (Å²) in [6.45, 7) is 8.55. The largest absolute Gasteiger partial charge is 0.329 e. The van der Waals surface area contributed by atoms with E-state index in [1.54, 1.807) is 12.2 Å². The average molecular weight is 232 g/mol. The van der Waals surface area contributed by atoms with Crippen molar-refractivity contribution < 1.29 is 13.6 Å². The third-order valence-electron chi connectivity index (χ3n) is 1.90. The van der Waals surface area contributed by atoms with Crippen molar-refractivity contribution in [3.8, 4) is 0 Å². The van der Waals surface area contributed by atoms with E-state index in [-0.39, 0.29) is 0 Å². The quantitative estimate of drug-likeness (QED) is 0.365. The van der Waals surface area contributed by atoms with E-state index in [9.17, 15) is 4.57 Å². The fourth-order valence-corrected chi connectivity index (χ4v) is 2.62. The molecule has 3 nitrogen and oxygen atoms in total. The van der Waals surface area contributed by atoms with Crippen molar-refractivity contribution in [2.75, 3.05) is 46.6 Å². The Morgan fingerprint density at radius 2 is 1.67 bits per heavy atom. The maximum Gasteiger partial charge on any atom is 0.210 e. The Hall–Kier alpha value is -0.370. The van der Waals surface area contributed by atoms with E-state index in [2.05, 4.69) is 34.3 Å². The van der Waals surface area contributed by atoms with Gasteiger partial charge in [0.2, 0.25) is 7.37 Å². The lowest BCUT2D eigenvalue weighted by Crippen LogP contribution is -2.37. The van der Waals surface area contributed by atoms with Crippen LogP contribution in [0.15, 0.2) is 25.3 Å². The SMILES string of the molecule is C=CCP(=O)(CC=C)OCC[N+](C)(C)C. The Morgan fingerprint density at radius 1 is 1.20 bits per heavy atom. The summed E-state index contributed by atoms with van der Waals surface area (Å²) < 4.78 is 18.4. The van der Waals surface area contributed by atoms with E-state index in [1.807, 2.05) is 0 Å². The van der Waals surface area contributed by atoms with E-state index in [0.29, 0.717) is 18.9 Å². The van der Waals surface area contributed by atoms with Gasteiger partial charge in [0.1, 0.15) is 13.2 Å². The molecule has 0 atom stereocenters. The number of likely N-dealkylation sites (N-methyl/N-ethyl adjacent to an activating group) is 1. The number of quaternary nitrogens is 1. The van der Waals surface area contributed by atoms with Gasteiger partial charge in [0, 0.05) is 12.3 Å². The molecule has 0 fully saturated rings. The number of hydrogen-bond acceptors (Lipinski definition) is 2. The summed E-state index contributed by atoms with van der Waals surface area (Å²) in [6, 6.07) is 0. The van der Waals surface area contributed by atoms with Crippen molar-refractivity contribution in [2.45, 2.75) is 0 Å². The Labute approximate surface area is 93.5 Å². The Morgan fingerprint density at radius 3 is 2.00 bits per heavy atom. The first-order valence-electron chi connectivity index (χ1n) is 5.08. The minimum atomic E-state index is -2.55. The summed E-state index contributed by atoms with van der Waals surface area (Å²) in [5, 5.41) is 0. The molecule has 0 aromatic carbocycles. The molecule has 0 unspecified atom stereocenters. The lowest BCUT2D eigenvalue weighted by atomic mass is 10.5. The minimum absolute atomic E-state index is 0.427. The number of rotatable bonds is 8. The van der Waals surface area contributed by atoms with E-state index >= 15 is 0 Å². The summed E-state index contributed by atoms with van der Waals surface area (Å²) in [7, 11) is 3.68. The molecule has 0 rings (SSSR count). The van der Waals surface area contributed by atoms with Crippen LogP contribution in [0.1, 0.15) is 0 Å². The maximum absolute atomic E-state index is 12.1. The first kappa shape index (κ1) is 14.6. The van der Waals surface area contributed by atoms with Crippen molar-refractivity contribution in [3.05, 3.63) is 25.3 Å². The standard InChI is InChI=1S/C11H23NO2P/c1-6-10-15(13,11-7-2)14-9-8-12(3,4)5/h6-7H,1-2,8-11H2,3-5H3/q+1. The molecule has 4 heteroatoms. The molecule has 0 radical (unpaired) electrons. The van der Waals surface area contributed by atoms with Crippen molar-refractivity contribution >= 4 is 7.37 Å². The normalized spacial score (nSPS) is 12.5. The molecule has 0 saturated carbocycles. The van der Waals surface area contributed by atoms with Crippen molar-refractivity contribution in [1.82, 2.24) is 0 Å². The monoisotopic (exact) mass is 232 g/mol. The zero-order chi connectivity index (χ0) is 11.9. The molecule has 0 aliphatic rings. The second-order valence-corrected chi connectivity index (χ2v) is 7.22. The number of hydrogen-bond donors (Lipinski definition) is 0. The van der Waals surface area contributed by atoms with Crippen molar-refractivity contribution in [3.63, 3.8) is 0 Å². The van der Waals surface area contributed by atoms with Crippen molar-refractivity contribution in [2.24, 2.45) is 0 Å². The van der Waals surface area contributed by atoms with Crippen molar-refractivity contribution in [1.29, 1.82) is 0 Å². The van der Waals surface area contributed by atoms with Gasteiger partial charge in [-0.1, -0.05) is 12.2 Å². The fourth-order valence-electron chi connectivity index (χ4n) is 1.05. The second kappa shape index (κ2) is 6.26. The Bertz CT molecular complexity index is 242. The predicted octanol–water partition coefficient (Wildman–Crippen LogP) is 2.36. The van der Waals surface area contributed by atoms with Gasteiger partial charge in [-0.15, -0.1) is 13.2 Å². The highest BCUT2D eigenvalue weighted by molar-refractivity contribution is 7.59. The first-order valence-corrected chi connectivity index (χ1v) is 7.07.